The van der Waals surface area contributed by atoms with Crippen LogP contribution in [0.15, 0.2) is 23.3 Å². The van der Waals surface area contributed by atoms with Gasteiger partial charge < -0.3 is 9.84 Å². The van der Waals surface area contributed by atoms with Gasteiger partial charge in [0.25, 0.3) is 0 Å². The van der Waals surface area contributed by atoms with Gasteiger partial charge in [-0.1, -0.05) is 13.8 Å². The van der Waals surface area contributed by atoms with Gasteiger partial charge in [0.1, 0.15) is 11.4 Å². The smallest absolute Gasteiger partial charge is 0.334 e. The van der Waals surface area contributed by atoms with Gasteiger partial charge in [0, 0.05) is 11.3 Å². The lowest BCUT2D eigenvalue weighted by atomic mass is 9.80. The highest BCUT2D eigenvalue weighted by molar-refractivity contribution is 7.10. The number of carbonyl (C=O) groups excluding carboxylic acids is 1. The van der Waals surface area contributed by atoms with Gasteiger partial charge in [0.2, 0.25) is 0 Å². The zero-order valence-corrected chi connectivity index (χ0v) is 12.4. The molecule has 0 aliphatic carbocycles. The molecule has 0 amide bonds. The maximum absolute atomic E-state index is 11.6. The summed E-state index contributed by atoms with van der Waals surface area (Å²) in [5.41, 5.74) is 0.722. The summed E-state index contributed by atoms with van der Waals surface area (Å²) in [4.78, 5) is 12.9. The second kappa shape index (κ2) is 5.37. The van der Waals surface area contributed by atoms with Gasteiger partial charge in [-0.05, 0) is 42.7 Å². The third-order valence-electron chi connectivity index (χ3n) is 3.90. The summed E-state index contributed by atoms with van der Waals surface area (Å²) in [6.45, 7) is 6.17. The van der Waals surface area contributed by atoms with Crippen molar-refractivity contribution in [3.63, 3.8) is 0 Å². The zero-order chi connectivity index (χ0) is 14.0. The lowest BCUT2D eigenvalue weighted by molar-refractivity contribution is -0.163. The van der Waals surface area contributed by atoms with E-state index in [1.54, 1.807) is 11.3 Å². The van der Waals surface area contributed by atoms with Gasteiger partial charge in [-0.3, -0.25) is 0 Å². The molecule has 0 aromatic carbocycles. The normalized spacial score (nSPS) is 23.4. The number of hydrogen-bond donors (Lipinski definition) is 1. The van der Waals surface area contributed by atoms with Crippen LogP contribution in [0.3, 0.4) is 0 Å². The summed E-state index contributed by atoms with van der Waals surface area (Å²) < 4.78 is 5.57. The minimum absolute atomic E-state index is 0.131. The third kappa shape index (κ3) is 3.00. The summed E-state index contributed by atoms with van der Waals surface area (Å²) >= 11 is 1.73. The summed E-state index contributed by atoms with van der Waals surface area (Å²) in [5.74, 6) is -0.127. The van der Waals surface area contributed by atoms with Crippen LogP contribution in [0.2, 0.25) is 0 Å². The largest absolute Gasteiger partial charge is 0.512 e. The Balaban J connectivity index is 2.15. The number of aryl methyl sites for hydroxylation is 2. The number of aliphatic hydroxyl groups excluding tert-OH is 1. The Hall–Kier alpha value is -1.29. The fraction of sp³-hybridized carbons (Fsp3) is 0.533. The van der Waals surface area contributed by atoms with Crippen LogP contribution in [0.4, 0.5) is 0 Å². The topological polar surface area (TPSA) is 46.5 Å². The maximum atomic E-state index is 11.6. The van der Waals surface area contributed by atoms with E-state index in [1.807, 2.05) is 13.8 Å². The van der Waals surface area contributed by atoms with Crippen LogP contribution in [0.25, 0.3) is 0 Å². The Bertz CT molecular complexity index is 501. The Morgan fingerprint density at radius 3 is 2.79 bits per heavy atom. The molecule has 104 valence electrons. The molecule has 3 nitrogen and oxygen atoms in total. The molecule has 2 rings (SSSR count). The second-order valence-corrected chi connectivity index (χ2v) is 6.58. The molecular formula is C15H20O3S. The van der Waals surface area contributed by atoms with Gasteiger partial charge in [0.05, 0.1) is 6.08 Å². The number of cyclic esters (lactones) is 1. The molecule has 0 spiro atoms. The van der Waals surface area contributed by atoms with Crippen molar-refractivity contribution < 1.29 is 14.6 Å². The van der Waals surface area contributed by atoms with Crippen molar-refractivity contribution in [2.75, 3.05) is 0 Å². The van der Waals surface area contributed by atoms with Crippen molar-refractivity contribution in [1.29, 1.82) is 0 Å². The first-order valence-corrected chi connectivity index (χ1v) is 7.46. The highest BCUT2D eigenvalue weighted by Crippen LogP contribution is 2.37. The predicted octanol–water partition coefficient (Wildman–Crippen LogP) is 3.77. The fourth-order valence-corrected chi connectivity index (χ4v) is 3.28. The summed E-state index contributed by atoms with van der Waals surface area (Å²) in [7, 11) is 0. The van der Waals surface area contributed by atoms with Crippen molar-refractivity contribution in [2.24, 2.45) is 5.92 Å². The van der Waals surface area contributed by atoms with Gasteiger partial charge in [-0.25, -0.2) is 4.79 Å². The molecule has 0 saturated heterocycles. The first-order chi connectivity index (χ1) is 8.93. The second-order valence-electron chi connectivity index (χ2n) is 5.46. The molecule has 0 radical (unpaired) electrons. The molecule has 0 bridgehead atoms. The number of carbonyl (C=O) groups is 1. The Morgan fingerprint density at radius 1 is 1.53 bits per heavy atom. The molecule has 1 aliphatic rings. The van der Waals surface area contributed by atoms with Crippen LogP contribution >= 0.6 is 11.3 Å². The predicted molar refractivity (Wildman–Crippen MR) is 76.4 cm³/mol. The highest BCUT2D eigenvalue weighted by atomic mass is 32.1. The van der Waals surface area contributed by atoms with E-state index in [0.717, 1.165) is 12.8 Å². The van der Waals surface area contributed by atoms with Crippen LogP contribution in [0.5, 0.6) is 0 Å². The quantitative estimate of drug-likeness (QED) is 0.854. The lowest BCUT2D eigenvalue weighted by Crippen LogP contribution is -2.43. The van der Waals surface area contributed by atoms with Gasteiger partial charge >= 0.3 is 5.97 Å². The molecule has 1 atom stereocenters. The number of rotatable bonds is 4. The van der Waals surface area contributed by atoms with Gasteiger partial charge in [-0.15, -0.1) is 11.3 Å². The average Bonchev–Trinajstić information content (AvgIpc) is 2.71. The van der Waals surface area contributed by atoms with E-state index in [-0.39, 0.29) is 11.7 Å². The van der Waals surface area contributed by atoms with Crippen LogP contribution in [0.1, 0.15) is 37.1 Å². The van der Waals surface area contributed by atoms with Gasteiger partial charge in [0.15, 0.2) is 0 Å². The minimum atomic E-state index is -0.579. The van der Waals surface area contributed by atoms with Crippen molar-refractivity contribution in [3.05, 3.63) is 33.7 Å². The maximum Gasteiger partial charge on any atom is 0.334 e. The standard InChI is InChI=1S/C15H20O3S/c1-10(2)15(9-13(16)8-14(17)18-15)6-4-12-5-7-19-11(12)3/h5,7-8,10,16H,4,6,9H2,1-3H3. The number of aliphatic hydroxyl groups is 1. The SMILES string of the molecule is Cc1sccc1CCC1(C(C)C)CC(O)=CC(=O)O1. The Kier molecular flexibility index (Phi) is 3.99. The monoisotopic (exact) mass is 280 g/mol. The third-order valence-corrected chi connectivity index (χ3v) is 4.79. The molecule has 1 aliphatic heterocycles. The summed E-state index contributed by atoms with van der Waals surface area (Å²) in [6, 6.07) is 2.12. The van der Waals surface area contributed by atoms with E-state index in [9.17, 15) is 9.90 Å². The molecule has 19 heavy (non-hydrogen) atoms. The molecule has 4 heteroatoms. The van der Waals surface area contributed by atoms with Crippen molar-refractivity contribution >= 4 is 17.3 Å². The zero-order valence-electron chi connectivity index (χ0n) is 11.6. The van der Waals surface area contributed by atoms with Crippen LogP contribution in [-0.4, -0.2) is 16.7 Å². The molecular weight excluding hydrogens is 260 g/mol. The van der Waals surface area contributed by atoms with E-state index in [2.05, 4.69) is 18.4 Å². The first-order valence-electron chi connectivity index (χ1n) is 6.58. The number of hydrogen-bond acceptors (Lipinski definition) is 4. The number of thiophene rings is 1. The number of ether oxygens (including phenoxy) is 1. The molecule has 1 aromatic heterocycles. The molecule has 1 N–H and O–H groups in total. The van der Waals surface area contributed by atoms with Crippen LogP contribution in [-0.2, 0) is 16.0 Å². The molecule has 1 aromatic rings. The van der Waals surface area contributed by atoms with E-state index >= 15 is 0 Å². The van der Waals surface area contributed by atoms with Crippen LogP contribution < -0.4 is 0 Å². The molecule has 0 fully saturated rings. The van der Waals surface area contributed by atoms with Crippen molar-refractivity contribution in [1.82, 2.24) is 0 Å². The Labute approximate surface area is 117 Å². The van der Waals surface area contributed by atoms with Crippen molar-refractivity contribution in [2.45, 2.75) is 45.6 Å². The average molecular weight is 280 g/mol. The van der Waals surface area contributed by atoms with E-state index in [0.29, 0.717) is 6.42 Å². The minimum Gasteiger partial charge on any atom is -0.512 e. The lowest BCUT2D eigenvalue weighted by Gasteiger charge is -2.39. The van der Waals surface area contributed by atoms with E-state index in [1.165, 1.54) is 16.5 Å². The van der Waals surface area contributed by atoms with E-state index in [4.69, 9.17) is 4.74 Å². The number of esters is 1. The fourth-order valence-electron chi connectivity index (χ4n) is 2.53. The molecule has 0 saturated carbocycles. The van der Waals surface area contributed by atoms with Gasteiger partial charge in [-0.2, -0.15) is 0 Å². The first kappa shape index (κ1) is 14.1. The summed E-state index contributed by atoms with van der Waals surface area (Å²) in [5, 5.41) is 11.8. The van der Waals surface area contributed by atoms with Crippen LogP contribution in [0, 0.1) is 12.8 Å². The summed E-state index contributed by atoms with van der Waals surface area (Å²) in [6.07, 6.45) is 3.20. The molecule has 2 heterocycles. The van der Waals surface area contributed by atoms with E-state index < -0.39 is 11.6 Å². The Morgan fingerprint density at radius 2 is 2.26 bits per heavy atom. The highest BCUT2D eigenvalue weighted by Gasteiger charge is 2.41. The molecule has 1 unspecified atom stereocenters. The van der Waals surface area contributed by atoms with Crippen molar-refractivity contribution in [3.8, 4) is 0 Å².